The zero-order chi connectivity index (χ0) is 18.9. The SMILES string of the molecule is CNC(=O)CC1(NC(=O)c2cc3ccccc3[nH]2)CN(C)CC(Cl)C1Cl. The molecule has 3 atom stereocenters. The number of fused-ring (bicyclic) bond motifs is 1. The number of halogens is 2. The Balaban J connectivity index is 1.91. The van der Waals surface area contributed by atoms with Gasteiger partial charge in [-0.05, 0) is 19.2 Å². The fourth-order valence-corrected chi connectivity index (χ4v) is 4.30. The Labute approximate surface area is 162 Å². The van der Waals surface area contributed by atoms with Crippen molar-refractivity contribution in [3.63, 3.8) is 0 Å². The number of alkyl halides is 2. The van der Waals surface area contributed by atoms with Gasteiger partial charge in [0.1, 0.15) is 5.69 Å². The van der Waals surface area contributed by atoms with Gasteiger partial charge in [-0.25, -0.2) is 0 Å². The number of para-hydroxylation sites is 1. The van der Waals surface area contributed by atoms with Crippen molar-refractivity contribution >= 4 is 45.9 Å². The fraction of sp³-hybridized carbons (Fsp3) is 0.444. The summed E-state index contributed by atoms with van der Waals surface area (Å²) in [5.41, 5.74) is 0.331. The molecule has 0 radical (unpaired) electrons. The molecule has 3 unspecified atom stereocenters. The molecule has 8 heteroatoms. The van der Waals surface area contributed by atoms with E-state index >= 15 is 0 Å². The molecule has 1 saturated heterocycles. The summed E-state index contributed by atoms with van der Waals surface area (Å²) in [5.74, 6) is -0.512. The maximum absolute atomic E-state index is 12.9. The number of aromatic amines is 1. The van der Waals surface area contributed by atoms with E-state index in [0.29, 0.717) is 18.8 Å². The van der Waals surface area contributed by atoms with E-state index in [0.717, 1.165) is 10.9 Å². The maximum Gasteiger partial charge on any atom is 0.268 e. The van der Waals surface area contributed by atoms with Crippen LogP contribution in [0.3, 0.4) is 0 Å². The van der Waals surface area contributed by atoms with Crippen LogP contribution in [-0.2, 0) is 4.79 Å². The number of likely N-dealkylation sites (N-methyl/N-ethyl adjacent to an activating group) is 1. The lowest BCUT2D eigenvalue weighted by Crippen LogP contribution is -2.68. The van der Waals surface area contributed by atoms with Crippen molar-refractivity contribution < 1.29 is 9.59 Å². The number of piperidine rings is 1. The fourth-order valence-electron chi connectivity index (χ4n) is 3.54. The van der Waals surface area contributed by atoms with E-state index < -0.39 is 10.9 Å². The Morgan fingerprint density at radius 2 is 2.08 bits per heavy atom. The summed E-state index contributed by atoms with van der Waals surface area (Å²) in [5, 5.41) is 5.58. The van der Waals surface area contributed by atoms with Crippen LogP contribution in [0.1, 0.15) is 16.9 Å². The average molecular weight is 397 g/mol. The molecule has 0 saturated carbocycles. The number of nitrogens with one attached hydrogen (secondary N) is 3. The Hall–Kier alpha value is -1.76. The molecule has 3 rings (SSSR count). The normalized spacial score (nSPS) is 26.6. The lowest BCUT2D eigenvalue weighted by atomic mass is 9.84. The predicted molar refractivity (Wildman–Crippen MR) is 104 cm³/mol. The molecule has 1 aliphatic rings. The molecule has 1 aliphatic heterocycles. The molecule has 2 aromatic rings. The van der Waals surface area contributed by atoms with Gasteiger partial charge < -0.3 is 20.5 Å². The van der Waals surface area contributed by atoms with Crippen molar-refractivity contribution in [2.24, 2.45) is 0 Å². The highest BCUT2D eigenvalue weighted by atomic mass is 35.5. The highest BCUT2D eigenvalue weighted by Gasteiger charge is 2.48. The van der Waals surface area contributed by atoms with Crippen LogP contribution in [0, 0.1) is 0 Å². The summed E-state index contributed by atoms with van der Waals surface area (Å²) < 4.78 is 0. The molecule has 140 valence electrons. The third-order valence-electron chi connectivity index (χ3n) is 4.78. The van der Waals surface area contributed by atoms with Crippen LogP contribution in [0.5, 0.6) is 0 Å². The van der Waals surface area contributed by atoms with Gasteiger partial charge in [0.05, 0.1) is 22.7 Å². The third-order valence-corrected chi connectivity index (χ3v) is 6.02. The Morgan fingerprint density at radius 1 is 1.35 bits per heavy atom. The van der Waals surface area contributed by atoms with Crippen molar-refractivity contribution in [3.8, 4) is 0 Å². The summed E-state index contributed by atoms with van der Waals surface area (Å²) in [6, 6.07) is 9.42. The minimum Gasteiger partial charge on any atom is -0.359 e. The molecular weight excluding hydrogens is 375 g/mol. The molecule has 0 spiro atoms. The Bertz CT molecular complexity index is 791. The summed E-state index contributed by atoms with van der Waals surface area (Å²) in [4.78, 5) is 30.1. The van der Waals surface area contributed by atoms with E-state index in [1.165, 1.54) is 0 Å². The number of carbonyl (C=O) groups is 2. The number of rotatable bonds is 4. The number of H-pyrrole nitrogens is 1. The molecule has 26 heavy (non-hydrogen) atoms. The van der Waals surface area contributed by atoms with Crippen LogP contribution in [-0.4, -0.2) is 65.2 Å². The molecule has 2 heterocycles. The van der Waals surface area contributed by atoms with Gasteiger partial charge in [0.2, 0.25) is 5.91 Å². The number of carbonyl (C=O) groups excluding carboxylic acids is 2. The summed E-state index contributed by atoms with van der Waals surface area (Å²) >= 11 is 13.0. The van der Waals surface area contributed by atoms with Crippen LogP contribution >= 0.6 is 23.2 Å². The molecule has 6 nitrogen and oxygen atoms in total. The topological polar surface area (TPSA) is 77.2 Å². The van der Waals surface area contributed by atoms with E-state index in [2.05, 4.69) is 15.6 Å². The molecule has 1 aromatic carbocycles. The van der Waals surface area contributed by atoms with Crippen LogP contribution in [0.4, 0.5) is 0 Å². The number of hydrogen-bond acceptors (Lipinski definition) is 3. The van der Waals surface area contributed by atoms with Crippen LogP contribution < -0.4 is 10.6 Å². The maximum atomic E-state index is 12.9. The van der Waals surface area contributed by atoms with E-state index in [1.807, 2.05) is 36.2 Å². The molecule has 1 aromatic heterocycles. The van der Waals surface area contributed by atoms with Crippen molar-refractivity contribution in [2.45, 2.75) is 22.7 Å². The first-order valence-electron chi connectivity index (χ1n) is 8.42. The monoisotopic (exact) mass is 396 g/mol. The minimum atomic E-state index is -0.963. The molecule has 3 N–H and O–H groups in total. The van der Waals surface area contributed by atoms with Crippen molar-refractivity contribution in [3.05, 3.63) is 36.0 Å². The van der Waals surface area contributed by atoms with E-state index in [1.54, 1.807) is 13.1 Å². The van der Waals surface area contributed by atoms with Gasteiger partial charge in [0.25, 0.3) is 5.91 Å². The number of hydrogen-bond donors (Lipinski definition) is 3. The van der Waals surface area contributed by atoms with E-state index in [9.17, 15) is 9.59 Å². The number of likely N-dealkylation sites (tertiary alicyclic amines) is 1. The van der Waals surface area contributed by atoms with E-state index in [-0.39, 0.29) is 23.6 Å². The smallest absolute Gasteiger partial charge is 0.268 e. The Morgan fingerprint density at radius 3 is 2.77 bits per heavy atom. The molecule has 0 aliphatic carbocycles. The van der Waals surface area contributed by atoms with Gasteiger partial charge in [0, 0.05) is 31.0 Å². The van der Waals surface area contributed by atoms with Gasteiger partial charge in [-0.15, -0.1) is 23.2 Å². The lowest BCUT2D eigenvalue weighted by molar-refractivity contribution is -0.122. The Kier molecular flexibility index (Phi) is 5.46. The number of aromatic nitrogens is 1. The third kappa shape index (κ3) is 3.68. The molecule has 2 amide bonds. The summed E-state index contributed by atoms with van der Waals surface area (Å²) in [7, 11) is 3.45. The molecule has 1 fully saturated rings. The standard InChI is InChI=1S/C18H22Cl2N4O2/c1-21-15(25)8-18(10-24(2)9-12(19)16(18)20)23-17(26)14-7-11-5-3-4-6-13(11)22-14/h3-7,12,16,22H,8-10H2,1-2H3,(H,21,25)(H,23,26). The van der Waals surface area contributed by atoms with Gasteiger partial charge in [-0.2, -0.15) is 0 Å². The first-order valence-corrected chi connectivity index (χ1v) is 9.29. The highest BCUT2D eigenvalue weighted by molar-refractivity contribution is 6.31. The number of benzene rings is 1. The average Bonchev–Trinajstić information content (AvgIpc) is 3.03. The quantitative estimate of drug-likeness (QED) is 0.691. The van der Waals surface area contributed by atoms with Crippen LogP contribution in [0.2, 0.25) is 0 Å². The largest absolute Gasteiger partial charge is 0.359 e. The van der Waals surface area contributed by atoms with Crippen molar-refractivity contribution in [1.29, 1.82) is 0 Å². The van der Waals surface area contributed by atoms with Crippen molar-refractivity contribution in [2.75, 3.05) is 27.2 Å². The summed E-state index contributed by atoms with van der Waals surface area (Å²) in [6.45, 7) is 1.03. The van der Waals surface area contributed by atoms with Crippen LogP contribution in [0.25, 0.3) is 10.9 Å². The van der Waals surface area contributed by atoms with Gasteiger partial charge in [-0.1, -0.05) is 18.2 Å². The predicted octanol–water partition coefficient (Wildman–Crippen LogP) is 1.93. The highest BCUT2D eigenvalue weighted by Crippen LogP contribution is 2.32. The van der Waals surface area contributed by atoms with Crippen molar-refractivity contribution in [1.82, 2.24) is 20.5 Å². The van der Waals surface area contributed by atoms with Gasteiger partial charge in [-0.3, -0.25) is 9.59 Å². The molecule has 0 bridgehead atoms. The molecular formula is C18H22Cl2N4O2. The second kappa shape index (κ2) is 7.47. The number of amides is 2. The lowest BCUT2D eigenvalue weighted by Gasteiger charge is -2.47. The second-order valence-electron chi connectivity index (χ2n) is 6.84. The first kappa shape index (κ1) is 19.0. The van der Waals surface area contributed by atoms with Gasteiger partial charge >= 0.3 is 0 Å². The van der Waals surface area contributed by atoms with E-state index in [4.69, 9.17) is 23.2 Å². The second-order valence-corrected chi connectivity index (χ2v) is 7.88. The van der Waals surface area contributed by atoms with Crippen LogP contribution in [0.15, 0.2) is 30.3 Å². The first-order chi connectivity index (χ1) is 12.3. The zero-order valence-electron chi connectivity index (χ0n) is 14.7. The zero-order valence-corrected chi connectivity index (χ0v) is 16.2. The minimum absolute atomic E-state index is 0.0528. The summed E-state index contributed by atoms with van der Waals surface area (Å²) in [6.07, 6.45) is 0.0528. The van der Waals surface area contributed by atoms with Gasteiger partial charge in [0.15, 0.2) is 0 Å². The number of nitrogens with zero attached hydrogens (tertiary/aromatic N) is 1.